The number of carbonyl (C=O) groups is 2. The predicted molar refractivity (Wildman–Crippen MR) is 152 cm³/mol. The van der Waals surface area contributed by atoms with Crippen LogP contribution in [0, 0.1) is 12.8 Å². The highest BCUT2D eigenvalue weighted by Crippen LogP contribution is 2.42. The molecule has 2 aromatic carbocycles. The molecule has 4 rings (SSSR count). The zero-order valence-corrected chi connectivity index (χ0v) is 24.1. The van der Waals surface area contributed by atoms with Crippen LogP contribution in [0.5, 0.6) is 17.2 Å². The Balaban J connectivity index is 1.72. The summed E-state index contributed by atoms with van der Waals surface area (Å²) in [5.41, 5.74) is 1.93. The first-order valence-corrected chi connectivity index (χ1v) is 13.8. The highest BCUT2D eigenvalue weighted by Gasteiger charge is 2.46. The monoisotopic (exact) mass is 552 g/mol. The van der Waals surface area contributed by atoms with Crippen LogP contribution in [0.1, 0.15) is 43.0 Å². The van der Waals surface area contributed by atoms with Gasteiger partial charge < -0.3 is 29.0 Å². The molecule has 2 heterocycles. The van der Waals surface area contributed by atoms with E-state index in [1.54, 1.807) is 42.3 Å². The molecule has 9 nitrogen and oxygen atoms in total. The number of hydrogen-bond acceptors (Lipinski definition) is 8. The minimum absolute atomic E-state index is 0.0579. The van der Waals surface area contributed by atoms with Gasteiger partial charge in [-0.15, -0.1) is 0 Å². The van der Waals surface area contributed by atoms with Crippen LogP contribution in [-0.4, -0.2) is 86.8 Å². The molecule has 1 amide bonds. The summed E-state index contributed by atoms with van der Waals surface area (Å²) < 4.78 is 22.2. The van der Waals surface area contributed by atoms with Crippen molar-refractivity contribution in [3.05, 3.63) is 58.7 Å². The first-order valence-electron chi connectivity index (χ1n) is 13.8. The molecule has 0 radical (unpaired) electrons. The number of aliphatic hydroxyl groups excluding tert-OH is 1. The van der Waals surface area contributed by atoms with Crippen LogP contribution in [0.3, 0.4) is 0 Å². The number of ketones is 1. The van der Waals surface area contributed by atoms with Crippen molar-refractivity contribution in [3.8, 4) is 17.2 Å². The molecule has 9 heteroatoms. The average Bonchev–Trinajstić information content (AvgIpc) is 3.21. The van der Waals surface area contributed by atoms with E-state index in [0.717, 1.165) is 25.2 Å². The van der Waals surface area contributed by atoms with Crippen LogP contribution < -0.4 is 14.2 Å². The van der Waals surface area contributed by atoms with Crippen molar-refractivity contribution in [2.24, 2.45) is 5.92 Å². The van der Waals surface area contributed by atoms with E-state index in [0.29, 0.717) is 67.1 Å². The van der Waals surface area contributed by atoms with Gasteiger partial charge in [0.2, 0.25) is 0 Å². The standard InChI is InChI=1S/C31H40N2O7/c1-20(2)19-40-23-8-9-24(21(3)17-23)29(34)27-28(22-7-10-25(37-4)26(18-22)38-5)33(31(36)30(27)35)12-6-11-32-13-15-39-16-14-32/h7-10,17-18,20,28,34H,6,11-16,19H2,1-5H3/b29-27+/t28-/m1/s1. The number of carbonyl (C=O) groups excluding carboxylic acids is 2. The van der Waals surface area contributed by atoms with Gasteiger partial charge in [-0.3, -0.25) is 14.5 Å². The average molecular weight is 553 g/mol. The minimum atomic E-state index is -0.777. The Kier molecular flexibility index (Phi) is 9.71. The van der Waals surface area contributed by atoms with E-state index in [9.17, 15) is 14.7 Å². The Morgan fingerprint density at radius 1 is 1.02 bits per heavy atom. The van der Waals surface area contributed by atoms with Crippen molar-refractivity contribution in [3.63, 3.8) is 0 Å². The minimum Gasteiger partial charge on any atom is -0.507 e. The van der Waals surface area contributed by atoms with Gasteiger partial charge in [0.15, 0.2) is 11.5 Å². The Hall–Kier alpha value is -3.56. The number of morpholine rings is 1. The number of hydrogen-bond donors (Lipinski definition) is 1. The Morgan fingerprint density at radius 3 is 2.40 bits per heavy atom. The predicted octanol–water partition coefficient (Wildman–Crippen LogP) is 4.19. The SMILES string of the molecule is COc1ccc([C@@H]2/C(=C(\O)c3ccc(OCC(C)C)cc3C)C(=O)C(=O)N2CCCN2CCOCC2)cc1OC. The van der Waals surface area contributed by atoms with E-state index >= 15 is 0 Å². The summed E-state index contributed by atoms with van der Waals surface area (Å²) in [6.07, 6.45) is 0.678. The van der Waals surface area contributed by atoms with Crippen molar-refractivity contribution >= 4 is 17.4 Å². The van der Waals surface area contributed by atoms with Crippen molar-refractivity contribution in [1.29, 1.82) is 0 Å². The van der Waals surface area contributed by atoms with Gasteiger partial charge in [-0.1, -0.05) is 19.9 Å². The fourth-order valence-electron chi connectivity index (χ4n) is 5.17. The Morgan fingerprint density at radius 2 is 1.75 bits per heavy atom. The van der Waals surface area contributed by atoms with E-state index < -0.39 is 17.7 Å². The summed E-state index contributed by atoms with van der Waals surface area (Å²) in [5, 5.41) is 11.6. The number of methoxy groups -OCH3 is 2. The fourth-order valence-corrected chi connectivity index (χ4v) is 5.17. The number of benzene rings is 2. The fraction of sp³-hybridized carbons (Fsp3) is 0.484. The molecule has 2 aromatic rings. The number of rotatable bonds is 11. The molecular weight excluding hydrogens is 512 g/mol. The molecule has 40 heavy (non-hydrogen) atoms. The third-order valence-corrected chi connectivity index (χ3v) is 7.28. The first kappa shape index (κ1) is 29.4. The number of amides is 1. The van der Waals surface area contributed by atoms with E-state index in [-0.39, 0.29) is 11.3 Å². The van der Waals surface area contributed by atoms with E-state index in [2.05, 4.69) is 18.7 Å². The zero-order chi connectivity index (χ0) is 28.8. The van der Waals surface area contributed by atoms with Crippen LogP contribution in [0.2, 0.25) is 0 Å². The smallest absolute Gasteiger partial charge is 0.295 e. The summed E-state index contributed by atoms with van der Waals surface area (Å²) in [6, 6.07) is 9.87. The molecule has 2 aliphatic rings. The highest BCUT2D eigenvalue weighted by molar-refractivity contribution is 6.46. The van der Waals surface area contributed by atoms with Crippen LogP contribution in [0.4, 0.5) is 0 Å². The third-order valence-electron chi connectivity index (χ3n) is 7.28. The van der Waals surface area contributed by atoms with Crippen LogP contribution in [-0.2, 0) is 14.3 Å². The molecule has 0 spiro atoms. The van der Waals surface area contributed by atoms with Gasteiger partial charge >= 0.3 is 0 Å². The first-order chi connectivity index (χ1) is 19.2. The van der Waals surface area contributed by atoms with E-state index in [4.69, 9.17) is 18.9 Å². The Labute approximate surface area is 236 Å². The molecule has 0 bridgehead atoms. The lowest BCUT2D eigenvalue weighted by Gasteiger charge is -2.29. The number of Topliss-reactive ketones (excluding diaryl/α,β-unsaturated/α-hetero) is 1. The molecule has 0 saturated carbocycles. The van der Waals surface area contributed by atoms with Gasteiger partial charge in [-0.25, -0.2) is 0 Å². The molecule has 2 fully saturated rings. The summed E-state index contributed by atoms with van der Waals surface area (Å²) in [6.45, 7) is 10.8. The molecule has 0 unspecified atom stereocenters. The van der Waals surface area contributed by atoms with Crippen LogP contribution >= 0.6 is 0 Å². The van der Waals surface area contributed by atoms with Crippen LogP contribution in [0.15, 0.2) is 42.0 Å². The van der Waals surface area contributed by atoms with Gasteiger partial charge in [0.1, 0.15) is 11.5 Å². The Bertz CT molecular complexity index is 1250. The lowest BCUT2D eigenvalue weighted by molar-refractivity contribution is -0.140. The number of likely N-dealkylation sites (tertiary alicyclic amines) is 1. The number of ether oxygens (including phenoxy) is 4. The van der Waals surface area contributed by atoms with Gasteiger partial charge in [0.05, 0.1) is 45.7 Å². The quantitative estimate of drug-likeness (QED) is 0.252. The summed E-state index contributed by atoms with van der Waals surface area (Å²) >= 11 is 0. The maximum absolute atomic E-state index is 13.5. The lowest BCUT2D eigenvalue weighted by atomic mass is 9.93. The van der Waals surface area contributed by atoms with Gasteiger partial charge in [0, 0.05) is 31.7 Å². The molecular formula is C31H40N2O7. The van der Waals surface area contributed by atoms with Crippen molar-refractivity contribution in [1.82, 2.24) is 9.80 Å². The maximum atomic E-state index is 13.5. The lowest BCUT2D eigenvalue weighted by Crippen LogP contribution is -2.39. The van der Waals surface area contributed by atoms with Gasteiger partial charge in [-0.05, 0) is 60.7 Å². The van der Waals surface area contributed by atoms with E-state index in [1.807, 2.05) is 13.0 Å². The highest BCUT2D eigenvalue weighted by atomic mass is 16.5. The number of aliphatic hydroxyl groups is 1. The molecule has 1 atom stereocenters. The zero-order valence-electron chi connectivity index (χ0n) is 24.1. The second-order valence-corrected chi connectivity index (χ2v) is 10.6. The third kappa shape index (κ3) is 6.42. The number of aryl methyl sites for hydroxylation is 1. The largest absolute Gasteiger partial charge is 0.507 e. The van der Waals surface area contributed by atoms with Crippen molar-refractivity contribution in [2.75, 3.05) is 60.2 Å². The van der Waals surface area contributed by atoms with Gasteiger partial charge in [0.25, 0.3) is 11.7 Å². The molecule has 0 aromatic heterocycles. The maximum Gasteiger partial charge on any atom is 0.295 e. The molecule has 1 N–H and O–H groups in total. The summed E-state index contributed by atoms with van der Waals surface area (Å²) in [4.78, 5) is 30.8. The topological polar surface area (TPSA) is 97.8 Å². The van der Waals surface area contributed by atoms with E-state index in [1.165, 1.54) is 7.11 Å². The number of nitrogens with zero attached hydrogens (tertiary/aromatic N) is 2. The second-order valence-electron chi connectivity index (χ2n) is 10.6. The summed E-state index contributed by atoms with van der Waals surface area (Å²) in [7, 11) is 3.08. The van der Waals surface area contributed by atoms with Gasteiger partial charge in [-0.2, -0.15) is 0 Å². The molecule has 2 aliphatic heterocycles. The second kappa shape index (κ2) is 13.2. The van der Waals surface area contributed by atoms with Crippen molar-refractivity contribution in [2.45, 2.75) is 33.2 Å². The molecule has 2 saturated heterocycles. The van der Waals surface area contributed by atoms with Crippen molar-refractivity contribution < 1.29 is 33.6 Å². The molecule has 216 valence electrons. The summed E-state index contributed by atoms with van der Waals surface area (Å²) in [5.74, 6) is 0.518. The normalized spacial score (nSPS) is 19.4. The molecule has 0 aliphatic carbocycles. The van der Waals surface area contributed by atoms with Crippen LogP contribution in [0.25, 0.3) is 5.76 Å².